The first-order chi connectivity index (χ1) is 15.4. The third kappa shape index (κ3) is 4.02. The van der Waals surface area contributed by atoms with Crippen LogP contribution >= 0.6 is 22.9 Å². The van der Waals surface area contributed by atoms with Gasteiger partial charge in [0.15, 0.2) is 0 Å². The number of rotatable bonds is 5. The maximum absolute atomic E-state index is 12.5. The van der Waals surface area contributed by atoms with Crippen molar-refractivity contribution in [2.45, 2.75) is 20.4 Å². The highest BCUT2D eigenvalue weighted by Crippen LogP contribution is 2.22. The van der Waals surface area contributed by atoms with E-state index in [-0.39, 0.29) is 5.52 Å². The Kier molecular flexibility index (Phi) is 6.07. The van der Waals surface area contributed by atoms with Crippen molar-refractivity contribution in [1.82, 2.24) is 9.30 Å². The Bertz CT molecular complexity index is 1480. The number of halogens is 1. The zero-order chi connectivity index (χ0) is 22.8. The molecule has 0 saturated heterocycles. The van der Waals surface area contributed by atoms with Crippen LogP contribution in [0.5, 0.6) is 0 Å². The molecule has 0 radical (unpaired) electrons. The quantitative estimate of drug-likeness (QED) is 0.183. The molecule has 0 atom stereocenters. The summed E-state index contributed by atoms with van der Waals surface area (Å²) < 4.78 is 3.55. The van der Waals surface area contributed by atoms with Crippen LogP contribution < -0.4 is 9.23 Å². The maximum atomic E-state index is 12.5. The molecule has 2 aromatic heterocycles. The molecule has 162 valence electrons. The highest BCUT2D eigenvalue weighted by molar-refractivity contribution is 7.07. The summed E-state index contributed by atoms with van der Waals surface area (Å²) in [6, 6.07) is 12.6. The molecule has 0 fully saturated rings. The van der Waals surface area contributed by atoms with Crippen LogP contribution in [0.4, 0.5) is 0 Å². The van der Waals surface area contributed by atoms with Gasteiger partial charge in [-0.1, -0.05) is 29.8 Å². The van der Waals surface area contributed by atoms with Gasteiger partial charge in [-0.15, -0.1) is 23.0 Å². The van der Waals surface area contributed by atoms with Crippen molar-refractivity contribution in [1.29, 1.82) is 0 Å². The molecule has 0 aliphatic carbocycles. The second-order valence-corrected chi connectivity index (χ2v) is 8.43. The predicted molar refractivity (Wildman–Crippen MR) is 130 cm³/mol. The SMILES string of the molecule is C=CCn1c(-c2ccc(Cl)cc2)cs/c1=N\N=C\c1ccc2c(c1)n([O-])c(C)c(C)[n+]2=O. The lowest BCUT2D eigenvalue weighted by Gasteiger charge is -2.15. The van der Waals surface area contributed by atoms with Crippen LogP contribution in [0.2, 0.25) is 5.02 Å². The first kappa shape index (κ1) is 21.7. The van der Waals surface area contributed by atoms with Crippen molar-refractivity contribution in [3.63, 3.8) is 0 Å². The third-order valence-electron chi connectivity index (χ3n) is 5.17. The number of hydrogen-bond acceptors (Lipinski definition) is 5. The standard InChI is InChI=1S/C23H20ClN5O2S/c1-4-11-27-22(18-6-8-19(24)9-7-18)14-32-23(27)26-25-13-17-5-10-20-21(12-17)29(31)16(3)15(2)28(20)30/h4-10,12-14H,1,11H2,2-3H3/b25-13+,26-23-. The Morgan fingerprint density at radius 1 is 1.22 bits per heavy atom. The summed E-state index contributed by atoms with van der Waals surface area (Å²) in [5.41, 5.74) is 4.02. The summed E-state index contributed by atoms with van der Waals surface area (Å²) in [5.74, 6) is 0. The van der Waals surface area contributed by atoms with Crippen molar-refractivity contribution in [2.24, 2.45) is 10.2 Å². The highest BCUT2D eigenvalue weighted by atomic mass is 35.5. The van der Waals surface area contributed by atoms with E-state index >= 15 is 0 Å². The van der Waals surface area contributed by atoms with E-state index < -0.39 is 0 Å². The van der Waals surface area contributed by atoms with Crippen molar-refractivity contribution in [3.05, 3.63) is 97.4 Å². The number of benzene rings is 2. The molecule has 4 rings (SSSR count). The van der Waals surface area contributed by atoms with E-state index in [1.807, 2.05) is 34.2 Å². The molecule has 0 N–H and O–H groups in total. The summed E-state index contributed by atoms with van der Waals surface area (Å²) in [7, 11) is 0. The molecule has 2 aromatic carbocycles. The zero-order valence-electron chi connectivity index (χ0n) is 17.5. The first-order valence-corrected chi connectivity index (χ1v) is 11.0. The first-order valence-electron chi connectivity index (χ1n) is 9.79. The lowest BCUT2D eigenvalue weighted by molar-refractivity contribution is -0.473. The fourth-order valence-corrected chi connectivity index (χ4v) is 4.32. The van der Waals surface area contributed by atoms with Crippen molar-refractivity contribution in [2.75, 3.05) is 0 Å². The maximum Gasteiger partial charge on any atom is 0.286 e. The van der Waals surface area contributed by atoms with Crippen LogP contribution in [-0.2, 0) is 6.54 Å². The molecule has 0 amide bonds. The number of fused-ring (bicyclic) bond motifs is 1. The van der Waals surface area contributed by atoms with Gasteiger partial charge in [-0.05, 0) is 42.3 Å². The number of allylic oxidation sites excluding steroid dienone is 1. The van der Waals surface area contributed by atoms with E-state index in [2.05, 4.69) is 16.8 Å². The molecule has 4 aromatic rings. The van der Waals surface area contributed by atoms with Gasteiger partial charge in [0.2, 0.25) is 4.80 Å². The van der Waals surface area contributed by atoms with Gasteiger partial charge < -0.3 is 14.5 Å². The van der Waals surface area contributed by atoms with Crippen LogP contribution in [0.3, 0.4) is 0 Å². The fourth-order valence-electron chi connectivity index (χ4n) is 3.32. The molecule has 0 aliphatic heterocycles. The number of hydrogen-bond donors (Lipinski definition) is 0. The van der Waals surface area contributed by atoms with Gasteiger partial charge in [0.05, 0.1) is 22.0 Å². The Morgan fingerprint density at radius 3 is 2.69 bits per heavy atom. The second kappa shape index (κ2) is 8.94. The van der Waals surface area contributed by atoms with Crippen molar-refractivity contribution in [3.8, 4) is 11.3 Å². The second-order valence-electron chi connectivity index (χ2n) is 7.16. The van der Waals surface area contributed by atoms with E-state index in [1.165, 1.54) is 11.3 Å². The Morgan fingerprint density at radius 2 is 1.97 bits per heavy atom. The minimum absolute atomic E-state index is 0.287. The van der Waals surface area contributed by atoms with Gasteiger partial charge in [0.25, 0.3) is 11.2 Å². The van der Waals surface area contributed by atoms with Gasteiger partial charge in [-0.3, -0.25) is 0 Å². The summed E-state index contributed by atoms with van der Waals surface area (Å²) in [5, 5.41) is 23.8. The lowest BCUT2D eigenvalue weighted by Crippen LogP contribution is -2.24. The van der Waals surface area contributed by atoms with Crippen LogP contribution in [0.1, 0.15) is 17.0 Å². The minimum atomic E-state index is 0.287. The average Bonchev–Trinajstić information content (AvgIpc) is 3.19. The van der Waals surface area contributed by atoms with Crippen LogP contribution in [0.15, 0.2) is 70.7 Å². The Balaban J connectivity index is 1.72. The third-order valence-corrected chi connectivity index (χ3v) is 6.28. The molecule has 7 nitrogen and oxygen atoms in total. The number of nitrogens with zero attached hydrogens (tertiary/aromatic N) is 5. The molecule has 0 bridgehead atoms. The Labute approximate surface area is 193 Å². The van der Waals surface area contributed by atoms with Gasteiger partial charge in [-0.2, -0.15) is 5.10 Å². The average molecular weight is 466 g/mol. The topological polar surface area (TPSA) is 80.6 Å². The highest BCUT2D eigenvalue weighted by Gasteiger charge is 2.15. The van der Waals surface area contributed by atoms with E-state index in [1.54, 1.807) is 44.3 Å². The van der Waals surface area contributed by atoms with Crippen molar-refractivity contribution < 1.29 is 4.43 Å². The molecule has 2 heterocycles. The van der Waals surface area contributed by atoms with E-state index in [9.17, 15) is 10.1 Å². The summed E-state index contributed by atoms with van der Waals surface area (Å²) >= 11 is 7.47. The summed E-state index contributed by atoms with van der Waals surface area (Å²) in [4.78, 5) is 13.0. The smallest absolute Gasteiger partial charge is 0.286 e. The van der Waals surface area contributed by atoms with Crippen LogP contribution in [0, 0.1) is 24.0 Å². The van der Waals surface area contributed by atoms with Gasteiger partial charge in [-0.25, -0.2) is 0 Å². The molecular weight excluding hydrogens is 446 g/mol. The van der Waals surface area contributed by atoms with Gasteiger partial charge >= 0.3 is 0 Å². The van der Waals surface area contributed by atoms with E-state index in [0.717, 1.165) is 20.4 Å². The lowest BCUT2D eigenvalue weighted by atomic mass is 10.2. The molecular formula is C23H20ClN5O2S. The van der Waals surface area contributed by atoms with Crippen molar-refractivity contribution >= 4 is 40.2 Å². The van der Waals surface area contributed by atoms with Gasteiger partial charge in [0, 0.05) is 34.8 Å². The molecule has 0 aliphatic rings. The fraction of sp³-hybridized carbons (Fsp3) is 0.130. The molecule has 9 heteroatoms. The van der Waals surface area contributed by atoms with E-state index in [0.29, 0.717) is 38.8 Å². The molecule has 0 saturated carbocycles. The largest absolute Gasteiger partial charge is 0.805 e. The molecule has 0 spiro atoms. The monoisotopic (exact) mass is 465 g/mol. The zero-order valence-corrected chi connectivity index (χ0v) is 19.1. The van der Waals surface area contributed by atoms with Crippen LogP contribution in [0.25, 0.3) is 22.3 Å². The normalized spacial score (nSPS) is 12.2. The number of thiazole rings is 1. The van der Waals surface area contributed by atoms with E-state index in [4.69, 9.17) is 11.6 Å². The summed E-state index contributed by atoms with van der Waals surface area (Å²) in [6.07, 6.45) is 3.36. The molecule has 0 unspecified atom stereocenters. The minimum Gasteiger partial charge on any atom is -0.805 e. The summed E-state index contributed by atoms with van der Waals surface area (Å²) in [6.45, 7) is 7.66. The molecule has 32 heavy (non-hydrogen) atoms. The predicted octanol–water partition coefficient (Wildman–Crippen LogP) is 4.82. The van der Waals surface area contributed by atoms with Crippen LogP contribution in [-0.4, -0.2) is 15.5 Å². The Hall–Kier alpha value is -3.49. The van der Waals surface area contributed by atoms with Gasteiger partial charge in [0.1, 0.15) is 5.52 Å². The number of aromatic nitrogens is 3.